The Morgan fingerprint density at radius 3 is 2.53 bits per heavy atom. The summed E-state index contributed by atoms with van der Waals surface area (Å²) < 4.78 is 26.4. The van der Waals surface area contributed by atoms with E-state index in [4.69, 9.17) is 0 Å². The van der Waals surface area contributed by atoms with Crippen molar-refractivity contribution in [1.29, 1.82) is 0 Å². The summed E-state index contributed by atoms with van der Waals surface area (Å²) in [5.41, 5.74) is -0.242. The Kier molecular flexibility index (Phi) is 2.14. The van der Waals surface area contributed by atoms with Crippen LogP contribution in [0, 0.1) is 17.0 Å². The lowest BCUT2D eigenvalue weighted by Crippen LogP contribution is -2.43. The molecule has 0 spiro atoms. The molecule has 80 valence electrons. The first kappa shape index (κ1) is 10.3. The molecule has 0 aliphatic heterocycles. The van der Waals surface area contributed by atoms with Crippen LogP contribution in [0.3, 0.4) is 0 Å². The van der Waals surface area contributed by atoms with Gasteiger partial charge in [0.15, 0.2) is 0 Å². The second-order valence-electron chi connectivity index (χ2n) is 4.57. The van der Waals surface area contributed by atoms with Gasteiger partial charge in [0, 0.05) is 17.8 Å². The van der Waals surface area contributed by atoms with E-state index in [1.165, 1.54) is 6.07 Å². The molecule has 0 aromatic heterocycles. The summed E-state index contributed by atoms with van der Waals surface area (Å²) in [6.45, 7) is 3.54. The van der Waals surface area contributed by atoms with Crippen molar-refractivity contribution >= 4 is 5.78 Å². The average Bonchev–Trinajstić information content (AvgIpc) is 2.18. The van der Waals surface area contributed by atoms with Gasteiger partial charge in [-0.2, -0.15) is 0 Å². The van der Waals surface area contributed by atoms with E-state index in [0.29, 0.717) is 12.0 Å². The number of halogens is 2. The predicted octanol–water partition coefficient (Wildman–Crippen LogP) is 3.05. The van der Waals surface area contributed by atoms with E-state index in [0.717, 1.165) is 12.1 Å². The molecule has 1 aromatic carbocycles. The second kappa shape index (κ2) is 3.12. The van der Waals surface area contributed by atoms with Crippen LogP contribution in [0.1, 0.15) is 31.7 Å². The molecule has 0 radical (unpaired) electrons. The number of benzene rings is 1. The maximum atomic E-state index is 13.4. The van der Waals surface area contributed by atoms with Gasteiger partial charge in [0.1, 0.15) is 17.4 Å². The monoisotopic (exact) mass is 210 g/mol. The Balaban J connectivity index is 2.39. The van der Waals surface area contributed by atoms with E-state index in [9.17, 15) is 13.6 Å². The number of carbonyl (C=O) groups is 1. The molecule has 0 N–H and O–H groups in total. The van der Waals surface area contributed by atoms with Gasteiger partial charge in [0.25, 0.3) is 0 Å². The van der Waals surface area contributed by atoms with Crippen molar-refractivity contribution in [2.24, 2.45) is 5.41 Å². The minimum atomic E-state index is -0.561. The summed E-state index contributed by atoms with van der Waals surface area (Å²) in [5.74, 6) is -0.972. The number of ketones is 1. The first-order valence-corrected chi connectivity index (χ1v) is 4.91. The summed E-state index contributed by atoms with van der Waals surface area (Å²) in [5, 5.41) is 0. The first-order chi connectivity index (χ1) is 6.93. The largest absolute Gasteiger partial charge is 0.299 e. The summed E-state index contributed by atoms with van der Waals surface area (Å²) >= 11 is 0. The van der Waals surface area contributed by atoms with E-state index >= 15 is 0 Å². The lowest BCUT2D eigenvalue weighted by Gasteiger charge is -2.42. The van der Waals surface area contributed by atoms with Crippen LogP contribution in [-0.2, 0) is 4.79 Å². The standard InChI is InChI=1S/C12H12F2O/c1-12(2)9(6-11(12)15)8-5-7(13)3-4-10(8)14/h3-5,9H,6H2,1-2H3. The zero-order valence-corrected chi connectivity index (χ0v) is 8.68. The van der Waals surface area contributed by atoms with Crippen molar-refractivity contribution in [3.63, 3.8) is 0 Å². The minimum Gasteiger partial charge on any atom is -0.299 e. The van der Waals surface area contributed by atoms with Crippen molar-refractivity contribution in [2.75, 3.05) is 0 Å². The number of Topliss-reactive ketones (excluding diaryl/α,β-unsaturated/α-hetero) is 1. The van der Waals surface area contributed by atoms with Crippen LogP contribution in [-0.4, -0.2) is 5.78 Å². The van der Waals surface area contributed by atoms with Gasteiger partial charge in [-0.15, -0.1) is 0 Å². The number of rotatable bonds is 1. The highest BCUT2D eigenvalue weighted by Crippen LogP contribution is 2.49. The van der Waals surface area contributed by atoms with Crippen molar-refractivity contribution in [2.45, 2.75) is 26.2 Å². The third-order valence-electron chi connectivity index (χ3n) is 3.31. The molecule has 1 fully saturated rings. The molecule has 15 heavy (non-hydrogen) atoms. The van der Waals surface area contributed by atoms with E-state index in [1.54, 1.807) is 13.8 Å². The molecule has 2 rings (SSSR count). The van der Waals surface area contributed by atoms with Crippen LogP contribution < -0.4 is 0 Å². The van der Waals surface area contributed by atoms with Gasteiger partial charge >= 0.3 is 0 Å². The SMILES string of the molecule is CC1(C)C(=O)CC1c1cc(F)ccc1F. The predicted molar refractivity (Wildman–Crippen MR) is 52.5 cm³/mol. The average molecular weight is 210 g/mol. The molecule has 1 atom stereocenters. The number of carbonyl (C=O) groups excluding carboxylic acids is 1. The molecule has 1 unspecified atom stereocenters. The van der Waals surface area contributed by atoms with Gasteiger partial charge in [-0.25, -0.2) is 8.78 Å². The lowest BCUT2D eigenvalue weighted by atomic mass is 9.59. The summed E-state index contributed by atoms with van der Waals surface area (Å²) in [6, 6.07) is 3.39. The zero-order chi connectivity index (χ0) is 11.2. The van der Waals surface area contributed by atoms with Crippen molar-refractivity contribution in [3.8, 4) is 0 Å². The van der Waals surface area contributed by atoms with E-state index in [-0.39, 0.29) is 11.7 Å². The van der Waals surface area contributed by atoms with Crippen molar-refractivity contribution in [1.82, 2.24) is 0 Å². The van der Waals surface area contributed by atoms with Gasteiger partial charge in [0.2, 0.25) is 0 Å². The highest BCUT2D eigenvalue weighted by Gasteiger charge is 2.48. The smallest absolute Gasteiger partial charge is 0.139 e. The highest BCUT2D eigenvalue weighted by atomic mass is 19.1. The summed E-state index contributed by atoms with van der Waals surface area (Å²) in [4.78, 5) is 11.3. The number of hydrogen-bond acceptors (Lipinski definition) is 1. The Morgan fingerprint density at radius 2 is 2.00 bits per heavy atom. The molecule has 1 saturated carbocycles. The quantitative estimate of drug-likeness (QED) is 0.696. The molecule has 0 bridgehead atoms. The molecule has 0 amide bonds. The summed E-state index contributed by atoms with van der Waals surface area (Å²) in [7, 11) is 0. The van der Waals surface area contributed by atoms with Gasteiger partial charge < -0.3 is 0 Å². The Bertz CT molecular complexity index is 424. The van der Waals surface area contributed by atoms with Crippen LogP contribution >= 0.6 is 0 Å². The Labute approximate surface area is 87.1 Å². The van der Waals surface area contributed by atoms with Crippen molar-refractivity contribution < 1.29 is 13.6 Å². The molecule has 1 aromatic rings. The molecule has 1 nitrogen and oxygen atoms in total. The Morgan fingerprint density at radius 1 is 1.33 bits per heavy atom. The van der Waals surface area contributed by atoms with Gasteiger partial charge in [-0.3, -0.25) is 4.79 Å². The van der Waals surface area contributed by atoms with Crippen LogP contribution in [0.4, 0.5) is 8.78 Å². The topological polar surface area (TPSA) is 17.1 Å². The summed E-state index contributed by atoms with van der Waals surface area (Å²) in [6.07, 6.45) is 0.313. The minimum absolute atomic E-state index is 0.108. The molecule has 0 heterocycles. The second-order valence-corrected chi connectivity index (χ2v) is 4.57. The van der Waals surface area contributed by atoms with Crippen LogP contribution in [0.5, 0.6) is 0 Å². The van der Waals surface area contributed by atoms with Crippen LogP contribution in [0.25, 0.3) is 0 Å². The first-order valence-electron chi connectivity index (χ1n) is 4.91. The van der Waals surface area contributed by atoms with Gasteiger partial charge in [0.05, 0.1) is 0 Å². The maximum absolute atomic E-state index is 13.4. The van der Waals surface area contributed by atoms with Crippen LogP contribution in [0.2, 0.25) is 0 Å². The fourth-order valence-corrected chi connectivity index (χ4v) is 2.05. The van der Waals surface area contributed by atoms with Gasteiger partial charge in [-0.05, 0) is 23.8 Å². The molecule has 3 heteroatoms. The Hall–Kier alpha value is -1.25. The van der Waals surface area contributed by atoms with Crippen molar-refractivity contribution in [3.05, 3.63) is 35.4 Å². The fraction of sp³-hybridized carbons (Fsp3) is 0.417. The molecule has 1 aliphatic rings. The third kappa shape index (κ3) is 1.46. The zero-order valence-electron chi connectivity index (χ0n) is 8.68. The van der Waals surface area contributed by atoms with Gasteiger partial charge in [-0.1, -0.05) is 13.8 Å². The van der Waals surface area contributed by atoms with E-state index in [1.807, 2.05) is 0 Å². The number of hydrogen-bond donors (Lipinski definition) is 0. The molecule has 0 saturated heterocycles. The van der Waals surface area contributed by atoms with Crippen LogP contribution in [0.15, 0.2) is 18.2 Å². The molecular formula is C12H12F2O. The van der Waals surface area contributed by atoms with E-state index in [2.05, 4.69) is 0 Å². The molecule has 1 aliphatic carbocycles. The maximum Gasteiger partial charge on any atom is 0.139 e. The fourth-order valence-electron chi connectivity index (χ4n) is 2.05. The lowest BCUT2D eigenvalue weighted by molar-refractivity contribution is -0.138. The van der Waals surface area contributed by atoms with E-state index < -0.39 is 17.0 Å². The molecular weight excluding hydrogens is 198 g/mol. The highest BCUT2D eigenvalue weighted by molar-refractivity contribution is 5.92. The third-order valence-corrected chi connectivity index (χ3v) is 3.31. The normalized spacial score (nSPS) is 23.7.